The van der Waals surface area contributed by atoms with E-state index in [-0.39, 0.29) is 18.5 Å². The molecule has 0 aliphatic heterocycles. The van der Waals surface area contributed by atoms with Gasteiger partial charge in [0.15, 0.2) is 0 Å². The highest BCUT2D eigenvalue weighted by Gasteiger charge is 2.04. The van der Waals surface area contributed by atoms with Gasteiger partial charge in [-0.3, -0.25) is 4.79 Å². The Morgan fingerprint density at radius 3 is 2.73 bits per heavy atom. The number of hydrogen-bond acceptors (Lipinski definition) is 2. The molecule has 0 aliphatic rings. The second-order valence-corrected chi connectivity index (χ2v) is 3.32. The molecule has 15 heavy (non-hydrogen) atoms. The Morgan fingerprint density at radius 1 is 1.53 bits per heavy atom. The van der Waals surface area contributed by atoms with Gasteiger partial charge in [-0.05, 0) is 19.8 Å². The van der Waals surface area contributed by atoms with Crippen molar-refractivity contribution in [3.8, 4) is 0 Å². The van der Waals surface area contributed by atoms with Crippen molar-refractivity contribution in [3.63, 3.8) is 0 Å². The zero-order valence-corrected chi connectivity index (χ0v) is 8.95. The first-order chi connectivity index (χ1) is 7.06. The normalized spacial score (nSPS) is 11.5. The van der Waals surface area contributed by atoms with Crippen LogP contribution >= 0.6 is 0 Å². The number of carbonyl (C=O) groups excluding carboxylic acids is 1. The minimum Gasteiger partial charge on any atom is -0.481 e. The monoisotopic (exact) mass is 214 g/mol. The van der Waals surface area contributed by atoms with E-state index in [4.69, 9.17) is 5.11 Å². The average Bonchev–Trinajstić information content (AvgIpc) is 2.12. The van der Waals surface area contributed by atoms with Crippen LogP contribution in [-0.4, -0.2) is 29.7 Å². The fraction of sp³-hybridized carbons (Fsp3) is 0.600. The molecule has 1 unspecified atom stereocenters. The summed E-state index contributed by atoms with van der Waals surface area (Å²) in [5, 5.41) is 13.6. The van der Waals surface area contributed by atoms with Gasteiger partial charge >= 0.3 is 12.0 Å². The first kappa shape index (κ1) is 13.5. The quantitative estimate of drug-likeness (QED) is 0.439. The number of aliphatic carboxylic acids is 1. The van der Waals surface area contributed by atoms with Crippen LogP contribution in [0.3, 0.4) is 0 Å². The minimum absolute atomic E-state index is 0.0435. The van der Waals surface area contributed by atoms with E-state index in [1.807, 2.05) is 6.92 Å². The molecule has 5 heteroatoms. The van der Waals surface area contributed by atoms with Gasteiger partial charge in [-0.25, -0.2) is 4.79 Å². The summed E-state index contributed by atoms with van der Waals surface area (Å²) in [4.78, 5) is 21.3. The number of carboxylic acids is 1. The molecule has 0 aromatic rings. The predicted molar refractivity (Wildman–Crippen MR) is 57.7 cm³/mol. The number of carbonyl (C=O) groups is 2. The third-order valence-corrected chi connectivity index (χ3v) is 1.75. The maximum Gasteiger partial charge on any atom is 0.315 e. The van der Waals surface area contributed by atoms with E-state index in [1.54, 1.807) is 6.08 Å². The molecule has 0 aromatic heterocycles. The van der Waals surface area contributed by atoms with Gasteiger partial charge in [-0.2, -0.15) is 0 Å². The smallest absolute Gasteiger partial charge is 0.315 e. The SMILES string of the molecule is C=CCC(C)NC(=O)NCCCC(=O)O. The van der Waals surface area contributed by atoms with Crippen LogP contribution in [0.15, 0.2) is 12.7 Å². The summed E-state index contributed by atoms with van der Waals surface area (Å²) in [7, 11) is 0. The van der Waals surface area contributed by atoms with Gasteiger partial charge in [0.05, 0.1) is 0 Å². The molecule has 86 valence electrons. The van der Waals surface area contributed by atoms with Gasteiger partial charge in [0, 0.05) is 19.0 Å². The van der Waals surface area contributed by atoms with Crippen molar-refractivity contribution in [1.29, 1.82) is 0 Å². The van der Waals surface area contributed by atoms with Crippen molar-refractivity contribution >= 4 is 12.0 Å². The second-order valence-electron chi connectivity index (χ2n) is 3.32. The van der Waals surface area contributed by atoms with Crippen LogP contribution in [0.4, 0.5) is 4.79 Å². The van der Waals surface area contributed by atoms with E-state index < -0.39 is 5.97 Å². The number of amides is 2. The van der Waals surface area contributed by atoms with Crippen molar-refractivity contribution in [2.45, 2.75) is 32.2 Å². The highest BCUT2D eigenvalue weighted by atomic mass is 16.4. The van der Waals surface area contributed by atoms with Crippen LogP contribution in [0.25, 0.3) is 0 Å². The Balaban J connectivity index is 3.48. The molecule has 0 aromatic carbocycles. The van der Waals surface area contributed by atoms with Crippen LogP contribution in [0, 0.1) is 0 Å². The van der Waals surface area contributed by atoms with Crippen LogP contribution in [-0.2, 0) is 4.79 Å². The number of hydrogen-bond donors (Lipinski definition) is 3. The Morgan fingerprint density at radius 2 is 2.20 bits per heavy atom. The Kier molecular flexibility index (Phi) is 7.05. The van der Waals surface area contributed by atoms with E-state index in [0.29, 0.717) is 19.4 Å². The van der Waals surface area contributed by atoms with Gasteiger partial charge in [-0.1, -0.05) is 6.08 Å². The van der Waals surface area contributed by atoms with Gasteiger partial charge in [0.2, 0.25) is 0 Å². The molecule has 3 N–H and O–H groups in total. The average molecular weight is 214 g/mol. The first-order valence-electron chi connectivity index (χ1n) is 4.93. The summed E-state index contributed by atoms with van der Waals surface area (Å²) in [5.74, 6) is -0.850. The minimum atomic E-state index is -0.850. The standard InChI is InChI=1S/C10H18N2O3/c1-3-5-8(2)12-10(15)11-7-4-6-9(13)14/h3,8H,1,4-7H2,2H3,(H,13,14)(H2,11,12,15). The van der Waals surface area contributed by atoms with Gasteiger partial charge < -0.3 is 15.7 Å². The van der Waals surface area contributed by atoms with E-state index in [9.17, 15) is 9.59 Å². The lowest BCUT2D eigenvalue weighted by Crippen LogP contribution is -2.40. The Hall–Kier alpha value is -1.52. The molecule has 1 atom stereocenters. The Bertz CT molecular complexity index is 229. The zero-order chi connectivity index (χ0) is 11.7. The van der Waals surface area contributed by atoms with E-state index in [1.165, 1.54) is 0 Å². The molecular formula is C10H18N2O3. The summed E-state index contributed by atoms with van der Waals surface area (Å²) in [6.45, 7) is 5.81. The molecule has 0 fully saturated rings. The molecule has 0 saturated carbocycles. The van der Waals surface area contributed by atoms with E-state index >= 15 is 0 Å². The van der Waals surface area contributed by atoms with Crippen LogP contribution < -0.4 is 10.6 Å². The highest BCUT2D eigenvalue weighted by Crippen LogP contribution is 1.90. The van der Waals surface area contributed by atoms with Gasteiger partial charge in [-0.15, -0.1) is 6.58 Å². The number of nitrogens with one attached hydrogen (secondary N) is 2. The van der Waals surface area contributed by atoms with E-state index in [2.05, 4.69) is 17.2 Å². The molecule has 0 heterocycles. The molecule has 0 rings (SSSR count). The lowest BCUT2D eigenvalue weighted by molar-refractivity contribution is -0.137. The van der Waals surface area contributed by atoms with Crippen molar-refractivity contribution in [3.05, 3.63) is 12.7 Å². The number of rotatable bonds is 7. The molecule has 5 nitrogen and oxygen atoms in total. The van der Waals surface area contributed by atoms with Crippen LogP contribution in [0.2, 0.25) is 0 Å². The van der Waals surface area contributed by atoms with Crippen LogP contribution in [0.1, 0.15) is 26.2 Å². The zero-order valence-electron chi connectivity index (χ0n) is 8.95. The Labute approximate surface area is 89.6 Å². The summed E-state index contributed by atoms with van der Waals surface area (Å²) in [5.41, 5.74) is 0. The number of urea groups is 1. The first-order valence-corrected chi connectivity index (χ1v) is 4.93. The molecule has 2 amide bonds. The maximum absolute atomic E-state index is 11.2. The fourth-order valence-electron chi connectivity index (χ4n) is 1.03. The molecule has 0 spiro atoms. The molecule has 0 bridgehead atoms. The molecule has 0 aliphatic carbocycles. The maximum atomic E-state index is 11.2. The summed E-state index contributed by atoms with van der Waals surface area (Å²) >= 11 is 0. The largest absolute Gasteiger partial charge is 0.481 e. The topological polar surface area (TPSA) is 78.4 Å². The lowest BCUT2D eigenvalue weighted by atomic mass is 10.2. The van der Waals surface area contributed by atoms with Crippen LogP contribution in [0.5, 0.6) is 0 Å². The second kappa shape index (κ2) is 7.84. The third-order valence-electron chi connectivity index (χ3n) is 1.75. The lowest BCUT2D eigenvalue weighted by Gasteiger charge is -2.12. The highest BCUT2D eigenvalue weighted by molar-refractivity contribution is 5.74. The molecule has 0 radical (unpaired) electrons. The molecule has 0 saturated heterocycles. The predicted octanol–water partition coefficient (Wildman–Crippen LogP) is 1.11. The van der Waals surface area contributed by atoms with Gasteiger partial charge in [0.25, 0.3) is 0 Å². The van der Waals surface area contributed by atoms with Crippen molar-refractivity contribution < 1.29 is 14.7 Å². The summed E-state index contributed by atoms with van der Waals surface area (Å²) < 4.78 is 0. The number of carboxylic acid groups (broad SMARTS) is 1. The van der Waals surface area contributed by atoms with Gasteiger partial charge in [0.1, 0.15) is 0 Å². The summed E-state index contributed by atoms with van der Waals surface area (Å²) in [6.07, 6.45) is 2.96. The fourth-order valence-corrected chi connectivity index (χ4v) is 1.03. The third kappa shape index (κ3) is 8.80. The van der Waals surface area contributed by atoms with Crippen molar-refractivity contribution in [1.82, 2.24) is 10.6 Å². The van der Waals surface area contributed by atoms with Crippen molar-refractivity contribution in [2.24, 2.45) is 0 Å². The summed E-state index contributed by atoms with van der Waals surface area (Å²) in [6, 6.07) is -0.225. The molecular weight excluding hydrogens is 196 g/mol. The van der Waals surface area contributed by atoms with E-state index in [0.717, 1.165) is 0 Å². The van der Waals surface area contributed by atoms with Crippen molar-refractivity contribution in [2.75, 3.05) is 6.54 Å².